The van der Waals surface area contributed by atoms with Crippen LogP contribution in [-0.2, 0) is 19.1 Å². The standard InChI is InChI=1S/C34H58O5/c1-3-5-7-9-11-13-15-16-17-18-19-21-23-25-27-29-34(37)39-32(30-35)31-38-33(36)28-26-24-22-20-14-12-10-8-6-4-2/h5,7,11,13,16-17,19,21,32,35H,3-4,6,8-10,12,14-15,18,20,22-31H2,1-2H3/b7-5+,13-11+,17-16+,21-19+/t32-/m0/s1. The summed E-state index contributed by atoms with van der Waals surface area (Å²) in [4.78, 5) is 24.0. The van der Waals surface area contributed by atoms with Gasteiger partial charge in [0.2, 0.25) is 0 Å². The smallest absolute Gasteiger partial charge is 0.306 e. The normalized spacial score (nSPS) is 12.8. The number of allylic oxidation sites excluding steroid dienone is 8. The Bertz CT molecular complexity index is 677. The van der Waals surface area contributed by atoms with E-state index in [9.17, 15) is 14.7 Å². The van der Waals surface area contributed by atoms with Gasteiger partial charge in [0.25, 0.3) is 0 Å². The first-order valence-electron chi connectivity index (χ1n) is 15.7. The summed E-state index contributed by atoms with van der Waals surface area (Å²) in [6.45, 7) is 3.94. The van der Waals surface area contributed by atoms with Gasteiger partial charge in [-0.1, -0.05) is 120 Å². The minimum Gasteiger partial charge on any atom is -0.462 e. The van der Waals surface area contributed by atoms with Crippen LogP contribution in [0.25, 0.3) is 0 Å². The van der Waals surface area contributed by atoms with E-state index in [1.165, 1.54) is 44.9 Å². The van der Waals surface area contributed by atoms with Crippen LogP contribution in [0.3, 0.4) is 0 Å². The molecule has 0 aromatic heterocycles. The maximum absolute atomic E-state index is 12.1. The molecule has 5 heteroatoms. The summed E-state index contributed by atoms with van der Waals surface area (Å²) < 4.78 is 10.5. The van der Waals surface area contributed by atoms with Gasteiger partial charge in [0.05, 0.1) is 6.61 Å². The van der Waals surface area contributed by atoms with Gasteiger partial charge in [0.1, 0.15) is 6.61 Å². The Hall–Kier alpha value is -2.14. The lowest BCUT2D eigenvalue weighted by Gasteiger charge is -2.15. The zero-order valence-corrected chi connectivity index (χ0v) is 25.1. The van der Waals surface area contributed by atoms with Gasteiger partial charge in [0.15, 0.2) is 6.10 Å². The first-order valence-corrected chi connectivity index (χ1v) is 15.7. The van der Waals surface area contributed by atoms with E-state index in [-0.39, 0.29) is 25.2 Å². The Morgan fingerprint density at radius 3 is 1.67 bits per heavy atom. The molecule has 0 aromatic carbocycles. The molecule has 0 rings (SSSR count). The molecule has 0 heterocycles. The van der Waals surface area contributed by atoms with Gasteiger partial charge >= 0.3 is 11.9 Å². The fraction of sp³-hybridized carbons (Fsp3) is 0.706. The van der Waals surface area contributed by atoms with Crippen LogP contribution in [0.1, 0.15) is 136 Å². The van der Waals surface area contributed by atoms with Gasteiger partial charge in [-0.2, -0.15) is 0 Å². The molecule has 0 fully saturated rings. The van der Waals surface area contributed by atoms with Crippen molar-refractivity contribution in [2.45, 2.75) is 142 Å². The van der Waals surface area contributed by atoms with Crippen LogP contribution in [0.4, 0.5) is 0 Å². The average Bonchev–Trinajstić information content (AvgIpc) is 2.94. The van der Waals surface area contributed by atoms with Crippen molar-refractivity contribution in [1.29, 1.82) is 0 Å². The summed E-state index contributed by atoms with van der Waals surface area (Å²) in [5.74, 6) is -0.646. The van der Waals surface area contributed by atoms with E-state index in [0.29, 0.717) is 12.8 Å². The minimum absolute atomic E-state index is 0.0826. The molecular weight excluding hydrogens is 488 g/mol. The Morgan fingerprint density at radius 1 is 0.615 bits per heavy atom. The molecule has 0 spiro atoms. The number of rotatable bonds is 27. The minimum atomic E-state index is -0.788. The van der Waals surface area contributed by atoms with Crippen LogP contribution in [0, 0.1) is 0 Å². The van der Waals surface area contributed by atoms with Gasteiger partial charge < -0.3 is 14.6 Å². The second kappa shape index (κ2) is 30.4. The van der Waals surface area contributed by atoms with Crippen molar-refractivity contribution in [1.82, 2.24) is 0 Å². The molecule has 0 aromatic rings. The molecule has 0 aliphatic heterocycles. The van der Waals surface area contributed by atoms with Crippen LogP contribution in [-0.4, -0.2) is 36.4 Å². The van der Waals surface area contributed by atoms with Crippen LogP contribution in [0.5, 0.6) is 0 Å². The summed E-state index contributed by atoms with van der Waals surface area (Å²) in [7, 11) is 0. The highest BCUT2D eigenvalue weighted by Crippen LogP contribution is 2.12. The highest BCUT2D eigenvalue weighted by Gasteiger charge is 2.15. The summed E-state index contributed by atoms with van der Waals surface area (Å²) >= 11 is 0. The van der Waals surface area contributed by atoms with Crippen LogP contribution < -0.4 is 0 Å². The predicted molar refractivity (Wildman–Crippen MR) is 164 cm³/mol. The predicted octanol–water partition coefficient (Wildman–Crippen LogP) is 9.11. The number of hydrogen-bond acceptors (Lipinski definition) is 5. The molecule has 0 aliphatic carbocycles. The second-order valence-electron chi connectivity index (χ2n) is 10.2. The molecule has 5 nitrogen and oxygen atoms in total. The summed E-state index contributed by atoms with van der Waals surface area (Å²) in [5, 5.41) is 9.47. The maximum Gasteiger partial charge on any atom is 0.306 e. The third kappa shape index (κ3) is 28.7. The molecule has 0 saturated heterocycles. The molecular formula is C34H58O5. The van der Waals surface area contributed by atoms with Gasteiger partial charge in [-0.25, -0.2) is 0 Å². The first-order chi connectivity index (χ1) is 19.1. The van der Waals surface area contributed by atoms with Gasteiger partial charge in [-0.05, 0) is 51.4 Å². The molecule has 39 heavy (non-hydrogen) atoms. The number of carbonyl (C=O) groups excluding carboxylic acids is 2. The SMILES string of the molecule is CC/C=C/C/C=C/C/C=C/C/C=C/CCCCC(=O)O[C@@H](CO)COC(=O)CCCCCCCCCCCC. The lowest BCUT2D eigenvalue weighted by atomic mass is 10.1. The number of ether oxygens (including phenoxy) is 2. The topological polar surface area (TPSA) is 72.8 Å². The van der Waals surface area contributed by atoms with E-state index in [4.69, 9.17) is 9.47 Å². The molecule has 1 atom stereocenters. The second-order valence-corrected chi connectivity index (χ2v) is 10.2. The van der Waals surface area contributed by atoms with Gasteiger partial charge in [-0.3, -0.25) is 9.59 Å². The van der Waals surface area contributed by atoms with Crippen molar-refractivity contribution in [3.05, 3.63) is 48.6 Å². The zero-order chi connectivity index (χ0) is 28.7. The van der Waals surface area contributed by atoms with Crippen molar-refractivity contribution in [3.8, 4) is 0 Å². The fourth-order valence-corrected chi connectivity index (χ4v) is 4.01. The molecule has 1 N–H and O–H groups in total. The number of carbonyl (C=O) groups is 2. The first kappa shape index (κ1) is 36.9. The number of aliphatic hydroxyl groups excluding tert-OH is 1. The van der Waals surface area contributed by atoms with E-state index in [1.807, 2.05) is 0 Å². The Kier molecular flexibility index (Phi) is 28.7. The van der Waals surface area contributed by atoms with Crippen molar-refractivity contribution in [2.75, 3.05) is 13.2 Å². The zero-order valence-electron chi connectivity index (χ0n) is 25.1. The fourth-order valence-electron chi connectivity index (χ4n) is 4.01. The third-order valence-electron chi connectivity index (χ3n) is 6.39. The molecule has 224 valence electrons. The number of aliphatic hydroxyl groups is 1. The molecule has 0 amide bonds. The van der Waals surface area contributed by atoms with E-state index in [0.717, 1.165) is 64.2 Å². The summed E-state index contributed by atoms with van der Waals surface area (Å²) in [6, 6.07) is 0. The highest BCUT2D eigenvalue weighted by molar-refractivity contribution is 5.70. The summed E-state index contributed by atoms with van der Waals surface area (Å²) in [5.41, 5.74) is 0. The quantitative estimate of drug-likeness (QED) is 0.0632. The van der Waals surface area contributed by atoms with E-state index < -0.39 is 6.10 Å². The number of unbranched alkanes of at least 4 members (excludes halogenated alkanes) is 11. The van der Waals surface area contributed by atoms with Crippen LogP contribution in [0.2, 0.25) is 0 Å². The van der Waals surface area contributed by atoms with Crippen molar-refractivity contribution in [2.24, 2.45) is 0 Å². The third-order valence-corrected chi connectivity index (χ3v) is 6.39. The lowest BCUT2D eigenvalue weighted by molar-refractivity contribution is -0.161. The molecule has 0 bridgehead atoms. The van der Waals surface area contributed by atoms with Crippen LogP contribution in [0.15, 0.2) is 48.6 Å². The van der Waals surface area contributed by atoms with Crippen LogP contribution >= 0.6 is 0 Å². The molecule has 0 unspecified atom stereocenters. The molecule has 0 aliphatic rings. The molecule has 0 radical (unpaired) electrons. The Morgan fingerprint density at radius 2 is 1.10 bits per heavy atom. The number of esters is 2. The molecule has 0 saturated carbocycles. The maximum atomic E-state index is 12.1. The monoisotopic (exact) mass is 546 g/mol. The largest absolute Gasteiger partial charge is 0.462 e. The van der Waals surface area contributed by atoms with E-state index in [1.54, 1.807) is 0 Å². The Labute approximate surface area is 239 Å². The van der Waals surface area contributed by atoms with E-state index in [2.05, 4.69) is 62.5 Å². The highest BCUT2D eigenvalue weighted by atomic mass is 16.6. The van der Waals surface area contributed by atoms with Crippen molar-refractivity contribution >= 4 is 11.9 Å². The number of hydrogen-bond donors (Lipinski definition) is 1. The average molecular weight is 547 g/mol. The van der Waals surface area contributed by atoms with Gasteiger partial charge in [0, 0.05) is 12.8 Å². The summed E-state index contributed by atoms with van der Waals surface area (Å²) in [6.07, 6.45) is 35.9. The lowest BCUT2D eigenvalue weighted by Crippen LogP contribution is -2.28. The van der Waals surface area contributed by atoms with Crippen molar-refractivity contribution in [3.63, 3.8) is 0 Å². The van der Waals surface area contributed by atoms with Crippen molar-refractivity contribution < 1.29 is 24.2 Å². The Balaban J connectivity index is 3.71. The van der Waals surface area contributed by atoms with E-state index >= 15 is 0 Å². The van der Waals surface area contributed by atoms with Gasteiger partial charge in [-0.15, -0.1) is 0 Å².